The Balaban J connectivity index is 0. The summed E-state index contributed by atoms with van der Waals surface area (Å²) >= 11 is 0. The quantitative estimate of drug-likeness (QED) is 0.469. The van der Waals surface area contributed by atoms with E-state index in [0.717, 1.165) is 0 Å². The van der Waals surface area contributed by atoms with Crippen molar-refractivity contribution in [2.45, 2.75) is 6.04 Å². The molecule has 4 N–H and O–H groups in total. The van der Waals surface area contributed by atoms with Gasteiger partial charge in [-0.1, -0.05) is 0 Å². The van der Waals surface area contributed by atoms with Crippen LogP contribution in [0.5, 0.6) is 0 Å². The molecule has 0 aliphatic heterocycles. The molecule has 0 amide bonds. The first-order valence-corrected chi connectivity index (χ1v) is 2.31. The molecule has 4 nitrogen and oxygen atoms in total. The molecule has 5 heteroatoms. The molecule has 0 saturated carbocycles. The molecule has 0 aliphatic rings. The first-order valence-electron chi connectivity index (χ1n) is 2.31. The molecule has 0 bridgehead atoms. The van der Waals surface area contributed by atoms with Gasteiger partial charge in [-0.25, -0.2) is 0 Å². The largest absolute Gasteiger partial charge is 2.00 e. The van der Waals surface area contributed by atoms with Gasteiger partial charge in [0.05, 0.1) is 0 Å². The van der Waals surface area contributed by atoms with Crippen molar-refractivity contribution in [3.8, 4) is 0 Å². The Bertz CT molecular complexity index is 88.6. The van der Waals surface area contributed by atoms with Crippen molar-refractivity contribution in [3.05, 3.63) is 0 Å². The molecule has 0 aliphatic carbocycles. The van der Waals surface area contributed by atoms with Gasteiger partial charge < -0.3 is 16.2 Å². The van der Waals surface area contributed by atoms with Crippen molar-refractivity contribution in [2.75, 3.05) is 13.6 Å². The van der Waals surface area contributed by atoms with E-state index in [2.05, 4.69) is 5.32 Å². The molecule has 57 valence electrons. The van der Waals surface area contributed by atoms with Gasteiger partial charge in [0.15, 0.2) is 0 Å². The second-order valence-corrected chi connectivity index (χ2v) is 1.50. The Kier molecular flexibility index (Phi) is 7.83. The summed E-state index contributed by atoms with van der Waals surface area (Å²) in [5.74, 6) is -0.973. The van der Waals surface area contributed by atoms with Crippen LogP contribution in [0.2, 0.25) is 0 Å². The summed E-state index contributed by atoms with van der Waals surface area (Å²) in [5, 5.41) is 10.8. The predicted octanol–water partition coefficient (Wildman–Crippen LogP) is -1.38. The Hall–Kier alpha value is -0.0905. The van der Waals surface area contributed by atoms with Gasteiger partial charge in [0.1, 0.15) is 6.04 Å². The molecule has 0 rings (SSSR count). The molecule has 0 heterocycles. The Morgan fingerprint density at radius 2 is 2.33 bits per heavy atom. The third-order valence-corrected chi connectivity index (χ3v) is 0.741. The second kappa shape index (κ2) is 6.04. The molecule has 9 heavy (non-hydrogen) atoms. The zero-order valence-electron chi connectivity index (χ0n) is 5.02. The fourth-order valence-corrected chi connectivity index (χ4v) is 0.307. The standard InChI is InChI=1S/C4H10N2O2.Cu/c1-6-2-3(5)4(7)8;/h3,6H,2,5H2,1H3,(H,7,8);/q;+2. The zero-order valence-corrected chi connectivity index (χ0v) is 5.96. The van der Waals surface area contributed by atoms with Gasteiger partial charge in [0.25, 0.3) is 0 Å². The van der Waals surface area contributed by atoms with E-state index in [1.807, 2.05) is 0 Å². The minimum absolute atomic E-state index is 0. The number of aliphatic carboxylic acids is 1. The van der Waals surface area contributed by atoms with Gasteiger partial charge in [-0.15, -0.1) is 0 Å². The van der Waals surface area contributed by atoms with Crippen molar-refractivity contribution in [1.82, 2.24) is 5.32 Å². The summed E-state index contributed by atoms with van der Waals surface area (Å²) in [4.78, 5) is 9.92. The van der Waals surface area contributed by atoms with Crippen molar-refractivity contribution < 1.29 is 27.0 Å². The number of likely N-dealkylation sites (N-methyl/N-ethyl adjacent to an activating group) is 1. The van der Waals surface area contributed by atoms with E-state index in [0.29, 0.717) is 6.54 Å². The molecule has 0 aromatic heterocycles. The maximum atomic E-state index is 9.92. The van der Waals surface area contributed by atoms with Crippen molar-refractivity contribution >= 4 is 5.97 Å². The Morgan fingerprint density at radius 1 is 1.89 bits per heavy atom. The number of carbonyl (C=O) groups is 1. The van der Waals surface area contributed by atoms with Gasteiger partial charge in [-0.3, -0.25) is 4.79 Å². The molecule has 0 aromatic rings. The summed E-state index contributed by atoms with van der Waals surface area (Å²) in [7, 11) is 1.66. The van der Waals surface area contributed by atoms with E-state index >= 15 is 0 Å². The molecule has 1 radical (unpaired) electrons. The summed E-state index contributed by atoms with van der Waals surface area (Å²) in [6, 6.07) is -0.778. The molecule has 1 atom stereocenters. The number of carboxylic acids is 1. The van der Waals surface area contributed by atoms with Crippen LogP contribution in [-0.4, -0.2) is 30.7 Å². The number of rotatable bonds is 3. The average Bonchev–Trinajstić information content (AvgIpc) is 1.67. The van der Waals surface area contributed by atoms with E-state index in [1.165, 1.54) is 0 Å². The summed E-state index contributed by atoms with van der Waals surface area (Å²) in [5.41, 5.74) is 5.06. The monoisotopic (exact) mass is 181 g/mol. The Labute approximate surface area is 64.3 Å². The van der Waals surface area contributed by atoms with E-state index in [4.69, 9.17) is 10.8 Å². The van der Waals surface area contributed by atoms with Crippen LogP contribution in [0.25, 0.3) is 0 Å². The number of carboxylic acid groups (broad SMARTS) is 1. The number of hydrogen-bond donors (Lipinski definition) is 3. The average molecular weight is 182 g/mol. The molecule has 0 saturated heterocycles. The molecular weight excluding hydrogens is 172 g/mol. The molecule has 0 spiro atoms. The maximum absolute atomic E-state index is 9.92. The first-order chi connectivity index (χ1) is 3.68. The van der Waals surface area contributed by atoms with Gasteiger partial charge in [-0.05, 0) is 7.05 Å². The van der Waals surface area contributed by atoms with Gasteiger partial charge in [0, 0.05) is 6.54 Å². The summed E-state index contributed by atoms with van der Waals surface area (Å²) < 4.78 is 0. The zero-order chi connectivity index (χ0) is 6.57. The first kappa shape index (κ1) is 11.7. The minimum atomic E-state index is -0.973. The second-order valence-electron chi connectivity index (χ2n) is 1.50. The molecule has 1 unspecified atom stereocenters. The molecule has 0 aromatic carbocycles. The van der Waals surface area contributed by atoms with Crippen LogP contribution in [0.3, 0.4) is 0 Å². The number of nitrogens with one attached hydrogen (secondary N) is 1. The van der Waals surface area contributed by atoms with Crippen LogP contribution >= 0.6 is 0 Å². The fourth-order valence-electron chi connectivity index (χ4n) is 0.307. The van der Waals surface area contributed by atoms with E-state index in [-0.39, 0.29) is 17.1 Å². The topological polar surface area (TPSA) is 75.3 Å². The van der Waals surface area contributed by atoms with Gasteiger partial charge >= 0.3 is 23.0 Å². The number of nitrogens with two attached hydrogens (primary N) is 1. The van der Waals surface area contributed by atoms with Crippen LogP contribution in [0.4, 0.5) is 0 Å². The van der Waals surface area contributed by atoms with Crippen molar-refractivity contribution in [2.24, 2.45) is 5.73 Å². The summed E-state index contributed by atoms with van der Waals surface area (Å²) in [6.07, 6.45) is 0. The third-order valence-electron chi connectivity index (χ3n) is 0.741. The van der Waals surface area contributed by atoms with Gasteiger partial charge in [0.2, 0.25) is 0 Å². The van der Waals surface area contributed by atoms with Crippen molar-refractivity contribution in [3.63, 3.8) is 0 Å². The third kappa shape index (κ3) is 5.79. The van der Waals surface area contributed by atoms with Gasteiger partial charge in [-0.2, -0.15) is 0 Å². The van der Waals surface area contributed by atoms with Crippen LogP contribution in [0.15, 0.2) is 0 Å². The maximum Gasteiger partial charge on any atom is 2.00 e. The fraction of sp³-hybridized carbons (Fsp3) is 0.750. The van der Waals surface area contributed by atoms with Crippen LogP contribution in [0, 0.1) is 0 Å². The normalized spacial score (nSPS) is 11.8. The van der Waals surface area contributed by atoms with Crippen LogP contribution in [0.1, 0.15) is 0 Å². The molecular formula is C4H10CuN2O2+2. The van der Waals surface area contributed by atoms with E-state index < -0.39 is 12.0 Å². The van der Waals surface area contributed by atoms with E-state index in [9.17, 15) is 4.79 Å². The van der Waals surface area contributed by atoms with Crippen molar-refractivity contribution in [1.29, 1.82) is 0 Å². The van der Waals surface area contributed by atoms with Crippen LogP contribution < -0.4 is 11.1 Å². The SMILES string of the molecule is CNCC(N)C(=O)O.[Cu+2]. The smallest absolute Gasteiger partial charge is 0.480 e. The van der Waals surface area contributed by atoms with Crippen LogP contribution in [-0.2, 0) is 21.9 Å². The minimum Gasteiger partial charge on any atom is -0.480 e. The summed E-state index contributed by atoms with van der Waals surface area (Å²) in [6.45, 7) is 0.315. The molecule has 0 fully saturated rings. The predicted molar refractivity (Wildman–Crippen MR) is 29.5 cm³/mol. The van der Waals surface area contributed by atoms with E-state index in [1.54, 1.807) is 7.05 Å². The Morgan fingerprint density at radius 3 is 2.44 bits per heavy atom. The number of hydrogen-bond acceptors (Lipinski definition) is 3.